The summed E-state index contributed by atoms with van der Waals surface area (Å²) in [5, 5.41) is 6.99. The molecule has 1 atom stereocenters. The predicted molar refractivity (Wildman–Crippen MR) is 61.2 cm³/mol. The molecule has 0 aromatic heterocycles. The highest BCUT2D eigenvalue weighted by molar-refractivity contribution is 4.87. The van der Waals surface area contributed by atoms with E-state index >= 15 is 0 Å². The molecule has 2 rings (SSSR count). The van der Waals surface area contributed by atoms with Crippen molar-refractivity contribution in [3.8, 4) is 0 Å². The fraction of sp³-hybridized carbons (Fsp3) is 1.00. The molecule has 2 aliphatic rings. The first-order valence-corrected chi connectivity index (χ1v) is 6.04. The molecule has 4 nitrogen and oxygen atoms in total. The molecule has 0 radical (unpaired) electrons. The molecule has 15 heavy (non-hydrogen) atoms. The summed E-state index contributed by atoms with van der Waals surface area (Å²) in [4.78, 5) is 2.52. The van der Waals surface area contributed by atoms with E-state index in [4.69, 9.17) is 4.74 Å². The topological polar surface area (TPSA) is 36.5 Å². The maximum Gasteiger partial charge on any atom is 0.0646 e. The quantitative estimate of drug-likeness (QED) is 0.670. The second-order valence-corrected chi connectivity index (χ2v) is 4.88. The first kappa shape index (κ1) is 11.3. The van der Waals surface area contributed by atoms with Crippen LogP contribution in [0.15, 0.2) is 0 Å². The first-order chi connectivity index (χ1) is 7.29. The molecular formula is C11H23N3O. The van der Waals surface area contributed by atoms with Crippen LogP contribution in [0.2, 0.25) is 0 Å². The fourth-order valence-corrected chi connectivity index (χ4v) is 2.26. The average Bonchev–Trinajstić information content (AvgIpc) is 2.67. The monoisotopic (exact) mass is 213 g/mol. The summed E-state index contributed by atoms with van der Waals surface area (Å²) in [6.07, 6.45) is 1.15. The number of ether oxygens (including phenoxy) is 1. The SMILES string of the molecule is CC1(NCCN2CCNCC2)CCOC1. The molecule has 2 saturated heterocycles. The Labute approximate surface area is 92.4 Å². The molecule has 2 aliphatic heterocycles. The van der Waals surface area contributed by atoms with Gasteiger partial charge in [-0.15, -0.1) is 0 Å². The highest BCUT2D eigenvalue weighted by Gasteiger charge is 2.28. The van der Waals surface area contributed by atoms with E-state index in [1.807, 2.05) is 0 Å². The Bertz CT molecular complexity index is 186. The third kappa shape index (κ3) is 3.41. The molecular weight excluding hydrogens is 190 g/mol. The number of rotatable bonds is 4. The Morgan fingerprint density at radius 3 is 2.87 bits per heavy atom. The molecule has 88 valence electrons. The van der Waals surface area contributed by atoms with Crippen LogP contribution in [0.25, 0.3) is 0 Å². The molecule has 0 aliphatic carbocycles. The summed E-state index contributed by atoms with van der Waals surface area (Å²) in [6.45, 7) is 10.9. The first-order valence-electron chi connectivity index (χ1n) is 6.04. The van der Waals surface area contributed by atoms with E-state index in [-0.39, 0.29) is 5.54 Å². The summed E-state index contributed by atoms with van der Waals surface area (Å²) in [7, 11) is 0. The second kappa shape index (κ2) is 5.25. The zero-order chi connectivity index (χ0) is 10.6. The maximum atomic E-state index is 5.42. The van der Waals surface area contributed by atoms with Crippen LogP contribution in [0.4, 0.5) is 0 Å². The normalized spacial score (nSPS) is 33.4. The minimum absolute atomic E-state index is 0.230. The second-order valence-electron chi connectivity index (χ2n) is 4.88. The van der Waals surface area contributed by atoms with Crippen molar-refractivity contribution in [2.75, 3.05) is 52.5 Å². The molecule has 0 amide bonds. The lowest BCUT2D eigenvalue weighted by atomic mass is 10.0. The van der Waals surface area contributed by atoms with E-state index in [2.05, 4.69) is 22.5 Å². The number of hydrogen-bond acceptors (Lipinski definition) is 4. The van der Waals surface area contributed by atoms with Crippen molar-refractivity contribution in [2.45, 2.75) is 18.9 Å². The summed E-state index contributed by atoms with van der Waals surface area (Å²) < 4.78 is 5.42. The van der Waals surface area contributed by atoms with Gasteiger partial charge < -0.3 is 15.4 Å². The molecule has 2 N–H and O–H groups in total. The van der Waals surface area contributed by atoms with Gasteiger partial charge in [-0.3, -0.25) is 4.90 Å². The molecule has 0 aromatic rings. The Balaban J connectivity index is 1.61. The van der Waals surface area contributed by atoms with E-state index in [0.29, 0.717) is 0 Å². The standard InChI is InChI=1S/C11H23N3O/c1-11(2-9-15-10-11)13-5-8-14-6-3-12-4-7-14/h12-13H,2-10H2,1H3. The molecule has 2 fully saturated rings. The van der Waals surface area contributed by atoms with Crippen LogP contribution >= 0.6 is 0 Å². The highest BCUT2D eigenvalue weighted by atomic mass is 16.5. The smallest absolute Gasteiger partial charge is 0.0646 e. The van der Waals surface area contributed by atoms with Crippen LogP contribution < -0.4 is 10.6 Å². The average molecular weight is 213 g/mol. The summed E-state index contributed by atoms with van der Waals surface area (Å²) >= 11 is 0. The van der Waals surface area contributed by atoms with Gasteiger partial charge in [-0.1, -0.05) is 0 Å². The number of nitrogens with one attached hydrogen (secondary N) is 2. The Hall–Kier alpha value is -0.160. The van der Waals surface area contributed by atoms with Gasteiger partial charge in [0.2, 0.25) is 0 Å². The minimum atomic E-state index is 0.230. The third-order valence-corrected chi connectivity index (χ3v) is 3.41. The van der Waals surface area contributed by atoms with Crippen LogP contribution in [-0.2, 0) is 4.74 Å². The Kier molecular flexibility index (Phi) is 3.97. The fourth-order valence-electron chi connectivity index (χ4n) is 2.26. The summed E-state index contributed by atoms with van der Waals surface area (Å²) in [5.41, 5.74) is 0.230. The summed E-state index contributed by atoms with van der Waals surface area (Å²) in [5.74, 6) is 0. The van der Waals surface area contributed by atoms with Gasteiger partial charge in [0.25, 0.3) is 0 Å². The third-order valence-electron chi connectivity index (χ3n) is 3.41. The lowest BCUT2D eigenvalue weighted by molar-refractivity contribution is 0.167. The zero-order valence-corrected chi connectivity index (χ0v) is 9.72. The molecule has 0 bridgehead atoms. The van der Waals surface area contributed by atoms with Gasteiger partial charge in [-0.05, 0) is 13.3 Å². The summed E-state index contributed by atoms with van der Waals surface area (Å²) in [6, 6.07) is 0. The van der Waals surface area contributed by atoms with E-state index in [9.17, 15) is 0 Å². The van der Waals surface area contributed by atoms with Crippen molar-refractivity contribution in [2.24, 2.45) is 0 Å². The Morgan fingerprint density at radius 2 is 2.20 bits per heavy atom. The molecule has 4 heteroatoms. The molecule has 0 aromatic carbocycles. The van der Waals surface area contributed by atoms with Crippen LogP contribution in [0.1, 0.15) is 13.3 Å². The molecule has 0 saturated carbocycles. The zero-order valence-electron chi connectivity index (χ0n) is 9.72. The van der Waals surface area contributed by atoms with Crippen molar-refractivity contribution in [3.63, 3.8) is 0 Å². The van der Waals surface area contributed by atoms with Gasteiger partial charge in [-0.25, -0.2) is 0 Å². The van der Waals surface area contributed by atoms with Gasteiger partial charge in [0.15, 0.2) is 0 Å². The van der Waals surface area contributed by atoms with Crippen LogP contribution in [0, 0.1) is 0 Å². The van der Waals surface area contributed by atoms with Crippen molar-refractivity contribution in [3.05, 3.63) is 0 Å². The van der Waals surface area contributed by atoms with Crippen molar-refractivity contribution in [1.82, 2.24) is 15.5 Å². The van der Waals surface area contributed by atoms with Crippen LogP contribution in [-0.4, -0.2) is 62.9 Å². The van der Waals surface area contributed by atoms with Crippen molar-refractivity contribution in [1.29, 1.82) is 0 Å². The van der Waals surface area contributed by atoms with Crippen LogP contribution in [0.5, 0.6) is 0 Å². The predicted octanol–water partition coefficient (Wildman–Crippen LogP) is -0.340. The van der Waals surface area contributed by atoms with Crippen molar-refractivity contribution < 1.29 is 4.74 Å². The van der Waals surface area contributed by atoms with Gasteiger partial charge in [-0.2, -0.15) is 0 Å². The van der Waals surface area contributed by atoms with Crippen molar-refractivity contribution >= 4 is 0 Å². The van der Waals surface area contributed by atoms with E-state index < -0.39 is 0 Å². The van der Waals surface area contributed by atoms with Gasteiger partial charge in [0, 0.05) is 51.4 Å². The maximum absolute atomic E-state index is 5.42. The van der Waals surface area contributed by atoms with Gasteiger partial charge >= 0.3 is 0 Å². The Morgan fingerprint density at radius 1 is 1.40 bits per heavy atom. The largest absolute Gasteiger partial charge is 0.379 e. The lowest BCUT2D eigenvalue weighted by Crippen LogP contribution is -2.49. The molecule has 2 heterocycles. The highest BCUT2D eigenvalue weighted by Crippen LogP contribution is 2.16. The number of nitrogens with zero attached hydrogens (tertiary/aromatic N) is 1. The van der Waals surface area contributed by atoms with E-state index in [0.717, 1.165) is 45.8 Å². The number of hydrogen-bond donors (Lipinski definition) is 2. The number of piperazine rings is 1. The van der Waals surface area contributed by atoms with Gasteiger partial charge in [0.1, 0.15) is 0 Å². The van der Waals surface area contributed by atoms with E-state index in [1.54, 1.807) is 0 Å². The molecule has 1 unspecified atom stereocenters. The molecule has 0 spiro atoms. The lowest BCUT2D eigenvalue weighted by Gasteiger charge is -2.30. The van der Waals surface area contributed by atoms with Gasteiger partial charge in [0.05, 0.1) is 6.61 Å². The van der Waals surface area contributed by atoms with E-state index in [1.165, 1.54) is 13.1 Å². The van der Waals surface area contributed by atoms with Crippen LogP contribution in [0.3, 0.4) is 0 Å². The minimum Gasteiger partial charge on any atom is -0.379 e.